The third-order valence-corrected chi connectivity index (χ3v) is 3.47. The molecule has 2 aromatic heterocycles. The number of hydrogen-bond donors (Lipinski definition) is 1. The van der Waals surface area contributed by atoms with Crippen molar-refractivity contribution in [1.82, 2.24) is 9.55 Å². The lowest BCUT2D eigenvalue weighted by Gasteiger charge is -2.07. The van der Waals surface area contributed by atoms with Crippen molar-refractivity contribution in [3.05, 3.63) is 77.3 Å². The zero-order valence-electron chi connectivity index (χ0n) is 11.0. The molecule has 0 unspecified atom stereocenters. The average Bonchev–Trinajstić information content (AvgIpc) is 3.04. The number of anilines is 1. The number of halogens is 1. The maximum absolute atomic E-state index is 12.3. The Morgan fingerprint density at radius 2 is 1.90 bits per heavy atom. The molecule has 0 fully saturated rings. The van der Waals surface area contributed by atoms with Crippen molar-refractivity contribution in [2.24, 2.45) is 0 Å². The normalized spacial score (nSPS) is 10.3. The van der Waals surface area contributed by atoms with Gasteiger partial charge in [0.2, 0.25) is 0 Å². The summed E-state index contributed by atoms with van der Waals surface area (Å²) in [6.07, 6.45) is 5.49. The highest BCUT2D eigenvalue weighted by molar-refractivity contribution is 9.10. The van der Waals surface area contributed by atoms with Gasteiger partial charge in [-0.25, -0.2) is 4.98 Å². The van der Waals surface area contributed by atoms with Crippen molar-refractivity contribution in [3.63, 3.8) is 0 Å². The summed E-state index contributed by atoms with van der Waals surface area (Å²) in [5, 5.41) is 2.83. The van der Waals surface area contributed by atoms with Gasteiger partial charge in [-0.3, -0.25) is 4.79 Å². The van der Waals surface area contributed by atoms with Gasteiger partial charge in [0.1, 0.15) is 4.60 Å². The molecule has 104 valence electrons. The van der Waals surface area contributed by atoms with Gasteiger partial charge in [0, 0.05) is 23.6 Å². The predicted octanol–water partition coefficient (Wildman–Crippen LogP) is 3.89. The van der Waals surface area contributed by atoms with Crippen LogP contribution in [-0.4, -0.2) is 15.5 Å². The van der Waals surface area contributed by atoms with Gasteiger partial charge < -0.3 is 9.88 Å². The van der Waals surface area contributed by atoms with Crippen molar-refractivity contribution < 1.29 is 4.79 Å². The van der Waals surface area contributed by atoms with E-state index in [-0.39, 0.29) is 5.91 Å². The molecule has 3 rings (SSSR count). The Labute approximate surface area is 130 Å². The summed E-state index contributed by atoms with van der Waals surface area (Å²) in [5.41, 5.74) is 2.21. The van der Waals surface area contributed by atoms with Crippen LogP contribution in [-0.2, 0) is 0 Å². The Balaban J connectivity index is 1.81. The molecule has 2 heterocycles. The first-order valence-electron chi connectivity index (χ1n) is 6.39. The van der Waals surface area contributed by atoms with E-state index in [1.54, 1.807) is 24.4 Å². The Morgan fingerprint density at radius 3 is 2.62 bits per heavy atom. The molecule has 1 N–H and O–H groups in total. The molecule has 0 radical (unpaired) electrons. The maximum Gasteiger partial charge on any atom is 0.255 e. The fraction of sp³-hybridized carbons (Fsp3) is 0. The topological polar surface area (TPSA) is 46.9 Å². The first-order chi connectivity index (χ1) is 10.2. The number of rotatable bonds is 3. The highest BCUT2D eigenvalue weighted by atomic mass is 79.9. The second kappa shape index (κ2) is 5.93. The highest BCUT2D eigenvalue weighted by Crippen LogP contribution is 2.14. The van der Waals surface area contributed by atoms with Crippen molar-refractivity contribution in [2.45, 2.75) is 0 Å². The summed E-state index contributed by atoms with van der Waals surface area (Å²) in [7, 11) is 0. The zero-order chi connectivity index (χ0) is 14.7. The fourth-order valence-corrected chi connectivity index (χ4v) is 2.20. The van der Waals surface area contributed by atoms with Gasteiger partial charge in [-0.05, 0) is 58.4 Å². The van der Waals surface area contributed by atoms with Gasteiger partial charge in [-0.15, -0.1) is 0 Å². The molecule has 5 heteroatoms. The van der Waals surface area contributed by atoms with Crippen molar-refractivity contribution >= 4 is 27.5 Å². The lowest BCUT2D eigenvalue weighted by atomic mass is 10.2. The summed E-state index contributed by atoms with van der Waals surface area (Å²) in [6.45, 7) is 0. The molecule has 0 bridgehead atoms. The van der Waals surface area contributed by atoms with Crippen molar-refractivity contribution in [2.75, 3.05) is 5.32 Å². The van der Waals surface area contributed by atoms with Gasteiger partial charge in [0.05, 0.1) is 11.9 Å². The molecule has 0 aliphatic heterocycles. The molecule has 0 aliphatic carbocycles. The van der Waals surface area contributed by atoms with Gasteiger partial charge >= 0.3 is 0 Å². The number of amides is 1. The number of hydrogen-bond acceptors (Lipinski definition) is 2. The Morgan fingerprint density at radius 1 is 1.10 bits per heavy atom. The molecule has 4 nitrogen and oxygen atoms in total. The minimum absolute atomic E-state index is 0.159. The fourth-order valence-electron chi connectivity index (χ4n) is 1.97. The quantitative estimate of drug-likeness (QED) is 0.734. The van der Waals surface area contributed by atoms with E-state index in [0.29, 0.717) is 11.3 Å². The van der Waals surface area contributed by atoms with Gasteiger partial charge in [-0.2, -0.15) is 0 Å². The predicted molar refractivity (Wildman–Crippen MR) is 85.7 cm³/mol. The van der Waals surface area contributed by atoms with E-state index in [4.69, 9.17) is 0 Å². The summed E-state index contributed by atoms with van der Waals surface area (Å²) in [4.78, 5) is 16.3. The number of nitrogens with zero attached hydrogens (tertiary/aromatic N) is 2. The molecule has 0 spiro atoms. The van der Waals surface area contributed by atoms with Crippen LogP contribution in [0.2, 0.25) is 0 Å². The zero-order valence-corrected chi connectivity index (χ0v) is 12.6. The summed E-state index contributed by atoms with van der Waals surface area (Å²) in [6, 6.07) is 14.9. The molecule has 0 aliphatic rings. The van der Waals surface area contributed by atoms with Crippen LogP contribution in [0.3, 0.4) is 0 Å². The van der Waals surface area contributed by atoms with Crippen LogP contribution in [0.1, 0.15) is 10.4 Å². The van der Waals surface area contributed by atoms with Crippen LogP contribution in [0.25, 0.3) is 5.69 Å². The SMILES string of the molecule is O=C(Nc1ccc(Br)nc1)c1cccc(-n2cccc2)c1. The molecule has 1 amide bonds. The standard InChI is InChI=1S/C16H12BrN3O/c17-15-7-6-13(11-18-15)19-16(21)12-4-3-5-14(10-12)20-8-1-2-9-20/h1-11H,(H,19,21). The number of nitrogens with one attached hydrogen (secondary N) is 1. The third-order valence-electron chi connectivity index (χ3n) is 3.00. The van der Waals surface area contributed by atoms with E-state index in [9.17, 15) is 4.79 Å². The van der Waals surface area contributed by atoms with Gasteiger partial charge in [0.25, 0.3) is 5.91 Å². The average molecular weight is 342 g/mol. The molecular formula is C16H12BrN3O. The maximum atomic E-state index is 12.3. The molecule has 21 heavy (non-hydrogen) atoms. The number of benzene rings is 1. The third kappa shape index (κ3) is 3.20. The van der Waals surface area contributed by atoms with Crippen LogP contribution >= 0.6 is 15.9 Å². The Bertz CT molecular complexity index is 751. The molecule has 0 saturated heterocycles. The molecule has 1 aromatic carbocycles. The largest absolute Gasteiger partial charge is 0.324 e. The van der Waals surface area contributed by atoms with E-state index in [1.807, 2.05) is 47.3 Å². The van der Waals surface area contributed by atoms with Crippen LogP contribution < -0.4 is 5.32 Å². The van der Waals surface area contributed by atoms with Crippen molar-refractivity contribution in [1.29, 1.82) is 0 Å². The second-order valence-corrected chi connectivity index (χ2v) is 5.28. The summed E-state index contributed by atoms with van der Waals surface area (Å²) in [5.74, 6) is -0.159. The molecule has 0 saturated carbocycles. The van der Waals surface area contributed by atoms with Crippen LogP contribution in [0.5, 0.6) is 0 Å². The van der Waals surface area contributed by atoms with Gasteiger partial charge in [-0.1, -0.05) is 6.07 Å². The highest BCUT2D eigenvalue weighted by Gasteiger charge is 2.07. The van der Waals surface area contributed by atoms with E-state index in [2.05, 4.69) is 26.2 Å². The number of carbonyl (C=O) groups is 1. The van der Waals surface area contributed by atoms with E-state index >= 15 is 0 Å². The monoisotopic (exact) mass is 341 g/mol. The molecular weight excluding hydrogens is 330 g/mol. The Hall–Kier alpha value is -2.40. The first-order valence-corrected chi connectivity index (χ1v) is 7.18. The Kier molecular flexibility index (Phi) is 3.83. The smallest absolute Gasteiger partial charge is 0.255 e. The van der Waals surface area contributed by atoms with Crippen LogP contribution in [0.15, 0.2) is 71.7 Å². The van der Waals surface area contributed by atoms with Crippen LogP contribution in [0.4, 0.5) is 5.69 Å². The number of carbonyl (C=O) groups excluding carboxylic acids is 1. The number of pyridine rings is 1. The van der Waals surface area contributed by atoms with Gasteiger partial charge in [0.15, 0.2) is 0 Å². The van der Waals surface area contributed by atoms with E-state index in [1.165, 1.54) is 0 Å². The lowest BCUT2D eigenvalue weighted by molar-refractivity contribution is 0.102. The molecule has 3 aromatic rings. The van der Waals surface area contributed by atoms with Crippen molar-refractivity contribution in [3.8, 4) is 5.69 Å². The van der Waals surface area contributed by atoms with E-state index in [0.717, 1.165) is 10.3 Å². The summed E-state index contributed by atoms with van der Waals surface area (Å²) < 4.78 is 2.69. The van der Waals surface area contributed by atoms with E-state index < -0.39 is 0 Å². The second-order valence-electron chi connectivity index (χ2n) is 4.46. The first kappa shape index (κ1) is 13.6. The summed E-state index contributed by atoms with van der Waals surface area (Å²) >= 11 is 3.26. The minimum Gasteiger partial charge on any atom is -0.324 e. The van der Waals surface area contributed by atoms with Crippen LogP contribution in [0, 0.1) is 0 Å². The minimum atomic E-state index is -0.159. The lowest BCUT2D eigenvalue weighted by Crippen LogP contribution is -2.12. The molecule has 0 atom stereocenters. The number of aromatic nitrogens is 2.